The summed E-state index contributed by atoms with van der Waals surface area (Å²) >= 11 is 11.6. The fraction of sp³-hybridized carbons (Fsp3) is 0. The van der Waals surface area contributed by atoms with E-state index in [-0.39, 0.29) is 26.9 Å². The van der Waals surface area contributed by atoms with Crippen LogP contribution in [0.4, 0.5) is 5.69 Å². The van der Waals surface area contributed by atoms with Crippen molar-refractivity contribution in [3.05, 3.63) is 67.7 Å². The van der Waals surface area contributed by atoms with E-state index in [1.807, 2.05) is 0 Å². The number of hydrogen-bond acceptors (Lipinski definition) is 5. The van der Waals surface area contributed by atoms with Crippen LogP contribution in [0.5, 0.6) is 5.75 Å². The van der Waals surface area contributed by atoms with Gasteiger partial charge in [0.05, 0.1) is 15.5 Å². The van der Waals surface area contributed by atoms with Gasteiger partial charge in [0.2, 0.25) is 0 Å². The highest BCUT2D eigenvalue weighted by atomic mass is 35.5. The van der Waals surface area contributed by atoms with E-state index >= 15 is 0 Å². The molecule has 0 radical (unpaired) electrons. The fourth-order valence-electron chi connectivity index (χ4n) is 1.73. The van der Waals surface area contributed by atoms with E-state index in [4.69, 9.17) is 27.9 Å². The Kier molecular flexibility index (Phi) is 4.75. The maximum absolute atomic E-state index is 12.1. The molecule has 0 heterocycles. The Morgan fingerprint density at radius 2 is 1.91 bits per heavy atom. The topological polar surface area (TPSA) is 86.5 Å². The standard InChI is InChI=1S/C14H7Cl2NO5/c15-9-5-8(7-18)13(11(16)6-9)22-14(19)10-3-1-2-4-12(10)17(20)21/h1-7H. The number of ether oxygens (including phenoxy) is 1. The molecule has 112 valence electrons. The molecule has 0 aliphatic rings. The highest BCUT2D eigenvalue weighted by molar-refractivity contribution is 6.36. The third kappa shape index (κ3) is 3.24. The van der Waals surface area contributed by atoms with Crippen LogP contribution in [0.1, 0.15) is 20.7 Å². The molecule has 2 aromatic carbocycles. The van der Waals surface area contributed by atoms with E-state index in [1.54, 1.807) is 0 Å². The Hall–Kier alpha value is -2.44. The first-order valence-corrected chi connectivity index (χ1v) is 6.59. The average molecular weight is 340 g/mol. The molecule has 0 amide bonds. The minimum atomic E-state index is -1.00. The van der Waals surface area contributed by atoms with Gasteiger partial charge in [0, 0.05) is 11.1 Å². The largest absolute Gasteiger partial charge is 0.420 e. The summed E-state index contributed by atoms with van der Waals surface area (Å²) in [5, 5.41) is 11.0. The number of halogens is 2. The Morgan fingerprint density at radius 3 is 2.55 bits per heavy atom. The van der Waals surface area contributed by atoms with Crippen LogP contribution in [0.3, 0.4) is 0 Å². The predicted octanol–water partition coefficient (Wildman–Crippen LogP) is 3.93. The van der Waals surface area contributed by atoms with Gasteiger partial charge in [0.15, 0.2) is 12.0 Å². The van der Waals surface area contributed by atoms with Crippen LogP contribution in [0.15, 0.2) is 36.4 Å². The second-order valence-corrected chi connectivity index (χ2v) is 4.93. The lowest BCUT2D eigenvalue weighted by Crippen LogP contribution is -2.12. The van der Waals surface area contributed by atoms with Crippen LogP contribution in [-0.4, -0.2) is 17.2 Å². The van der Waals surface area contributed by atoms with Crippen LogP contribution >= 0.6 is 23.2 Å². The summed E-state index contributed by atoms with van der Waals surface area (Å²) in [4.78, 5) is 33.3. The number of hydrogen-bond donors (Lipinski definition) is 0. The molecule has 0 fully saturated rings. The molecule has 2 aromatic rings. The first-order chi connectivity index (χ1) is 10.4. The van der Waals surface area contributed by atoms with E-state index in [0.29, 0.717) is 6.29 Å². The number of carbonyl (C=O) groups excluding carboxylic acids is 2. The SMILES string of the molecule is O=Cc1cc(Cl)cc(Cl)c1OC(=O)c1ccccc1[N+](=O)[O-]. The van der Waals surface area contributed by atoms with E-state index in [2.05, 4.69) is 0 Å². The second kappa shape index (κ2) is 6.55. The second-order valence-electron chi connectivity index (χ2n) is 4.09. The maximum Gasteiger partial charge on any atom is 0.350 e. The van der Waals surface area contributed by atoms with Gasteiger partial charge in [0.1, 0.15) is 5.56 Å². The molecule has 0 N–H and O–H groups in total. The molecular formula is C14H7Cl2NO5. The van der Waals surface area contributed by atoms with Gasteiger partial charge in [-0.3, -0.25) is 14.9 Å². The predicted molar refractivity (Wildman–Crippen MR) is 79.9 cm³/mol. The number of benzene rings is 2. The molecule has 0 aromatic heterocycles. The minimum Gasteiger partial charge on any atom is -0.420 e. The molecule has 22 heavy (non-hydrogen) atoms. The molecule has 0 spiro atoms. The molecule has 0 saturated heterocycles. The molecule has 0 aliphatic heterocycles. The minimum absolute atomic E-state index is 0.0376. The van der Waals surface area contributed by atoms with Crippen molar-refractivity contribution >= 4 is 41.1 Å². The van der Waals surface area contributed by atoms with Gasteiger partial charge in [0.25, 0.3) is 5.69 Å². The van der Waals surface area contributed by atoms with Gasteiger partial charge in [-0.25, -0.2) is 4.79 Å². The van der Waals surface area contributed by atoms with Crippen molar-refractivity contribution in [2.24, 2.45) is 0 Å². The number of para-hydroxylation sites is 1. The van der Waals surface area contributed by atoms with E-state index in [0.717, 1.165) is 0 Å². The van der Waals surface area contributed by atoms with Gasteiger partial charge < -0.3 is 4.74 Å². The van der Waals surface area contributed by atoms with Gasteiger partial charge in [-0.15, -0.1) is 0 Å². The van der Waals surface area contributed by atoms with Gasteiger partial charge in [-0.2, -0.15) is 0 Å². The molecule has 0 atom stereocenters. The van der Waals surface area contributed by atoms with Gasteiger partial charge >= 0.3 is 5.97 Å². The third-order valence-corrected chi connectivity index (χ3v) is 3.18. The summed E-state index contributed by atoms with van der Waals surface area (Å²) in [7, 11) is 0. The first-order valence-electron chi connectivity index (χ1n) is 5.84. The number of nitro benzene ring substituents is 1. The first kappa shape index (κ1) is 15.9. The van der Waals surface area contributed by atoms with Crippen LogP contribution in [-0.2, 0) is 0 Å². The Balaban J connectivity index is 2.42. The number of esters is 1. The monoisotopic (exact) mass is 339 g/mol. The van der Waals surface area contributed by atoms with E-state index in [9.17, 15) is 19.7 Å². The summed E-state index contributed by atoms with van der Waals surface area (Å²) in [6.45, 7) is 0. The number of aldehydes is 1. The zero-order valence-corrected chi connectivity index (χ0v) is 12.3. The normalized spacial score (nSPS) is 10.1. The quantitative estimate of drug-likeness (QED) is 0.277. The summed E-state index contributed by atoms with van der Waals surface area (Å²) in [6, 6.07) is 7.83. The van der Waals surface area contributed by atoms with E-state index in [1.165, 1.54) is 36.4 Å². The van der Waals surface area contributed by atoms with Crippen molar-refractivity contribution in [3.63, 3.8) is 0 Å². The van der Waals surface area contributed by atoms with Crippen LogP contribution < -0.4 is 4.74 Å². The summed E-state index contributed by atoms with van der Waals surface area (Å²) < 4.78 is 5.03. The average Bonchev–Trinajstić information content (AvgIpc) is 2.49. The molecular weight excluding hydrogens is 333 g/mol. The van der Waals surface area contributed by atoms with Crippen molar-refractivity contribution in [1.29, 1.82) is 0 Å². The Bertz CT molecular complexity index is 776. The van der Waals surface area contributed by atoms with Gasteiger partial charge in [-0.1, -0.05) is 35.3 Å². The summed E-state index contributed by atoms with van der Waals surface area (Å²) in [5.74, 6) is -1.20. The van der Waals surface area contributed by atoms with Crippen molar-refractivity contribution in [1.82, 2.24) is 0 Å². The molecule has 6 nitrogen and oxygen atoms in total. The van der Waals surface area contributed by atoms with Crippen LogP contribution in [0.25, 0.3) is 0 Å². The number of nitrogens with zero attached hydrogens (tertiary/aromatic N) is 1. The smallest absolute Gasteiger partial charge is 0.350 e. The summed E-state index contributed by atoms with van der Waals surface area (Å²) in [6.07, 6.45) is 0.416. The molecule has 0 saturated carbocycles. The summed E-state index contributed by atoms with van der Waals surface area (Å²) in [5.41, 5.74) is -0.704. The highest BCUT2D eigenvalue weighted by Gasteiger charge is 2.23. The van der Waals surface area contributed by atoms with Crippen LogP contribution in [0.2, 0.25) is 10.0 Å². The van der Waals surface area contributed by atoms with Crippen molar-refractivity contribution in [2.75, 3.05) is 0 Å². The molecule has 8 heteroatoms. The molecule has 0 aliphatic carbocycles. The molecule has 2 rings (SSSR count). The number of rotatable bonds is 4. The third-order valence-electron chi connectivity index (χ3n) is 2.68. The Labute approximate surface area is 134 Å². The van der Waals surface area contributed by atoms with Crippen LogP contribution in [0, 0.1) is 10.1 Å². The van der Waals surface area contributed by atoms with Crippen molar-refractivity contribution < 1.29 is 19.2 Å². The highest BCUT2D eigenvalue weighted by Crippen LogP contribution is 2.32. The van der Waals surface area contributed by atoms with Gasteiger partial charge in [-0.05, 0) is 18.2 Å². The number of carbonyl (C=O) groups is 2. The molecule has 0 unspecified atom stereocenters. The lowest BCUT2D eigenvalue weighted by Gasteiger charge is -2.09. The lowest BCUT2D eigenvalue weighted by molar-refractivity contribution is -0.385. The van der Waals surface area contributed by atoms with Crippen molar-refractivity contribution in [3.8, 4) is 5.75 Å². The maximum atomic E-state index is 12.1. The zero-order valence-electron chi connectivity index (χ0n) is 10.8. The number of nitro groups is 1. The fourth-order valence-corrected chi connectivity index (χ4v) is 2.28. The Morgan fingerprint density at radius 1 is 1.23 bits per heavy atom. The zero-order chi connectivity index (χ0) is 16.3. The molecule has 0 bridgehead atoms. The van der Waals surface area contributed by atoms with E-state index < -0.39 is 16.6 Å². The lowest BCUT2D eigenvalue weighted by atomic mass is 10.2. The van der Waals surface area contributed by atoms with Crippen molar-refractivity contribution in [2.45, 2.75) is 0 Å².